The van der Waals surface area contributed by atoms with Gasteiger partial charge in [-0.2, -0.15) is 0 Å². The number of ether oxygens (including phenoxy) is 1. The molecule has 0 atom stereocenters. The average Bonchev–Trinajstić information content (AvgIpc) is 2.80. The highest BCUT2D eigenvalue weighted by molar-refractivity contribution is 7.90. The molecule has 0 radical (unpaired) electrons. The number of hydrogen-bond donors (Lipinski definition) is 0. The van der Waals surface area contributed by atoms with Gasteiger partial charge in [-0.3, -0.25) is 9.36 Å². The van der Waals surface area contributed by atoms with E-state index in [0.29, 0.717) is 11.7 Å². The number of pyridine rings is 1. The summed E-state index contributed by atoms with van der Waals surface area (Å²) in [6.07, 6.45) is 9.65. The second-order valence-corrected chi connectivity index (χ2v) is 10.4. The predicted octanol–water partition coefficient (Wildman–Crippen LogP) is 3.59. The second-order valence-electron chi connectivity index (χ2n) is 8.40. The van der Waals surface area contributed by atoms with Gasteiger partial charge < -0.3 is 9.64 Å². The van der Waals surface area contributed by atoms with Crippen molar-refractivity contribution >= 4 is 28.2 Å². The number of halogens is 2. The molecule has 1 saturated heterocycles. The number of aromatic nitrogens is 3. The van der Waals surface area contributed by atoms with E-state index in [9.17, 15) is 17.6 Å². The molecule has 3 aromatic rings. The van der Waals surface area contributed by atoms with Gasteiger partial charge in [0, 0.05) is 56.8 Å². The van der Waals surface area contributed by atoms with Gasteiger partial charge >= 0.3 is 0 Å². The van der Waals surface area contributed by atoms with Crippen molar-refractivity contribution in [2.75, 3.05) is 24.2 Å². The molecule has 3 heterocycles. The molecular weight excluding hydrogens is 495 g/mol. The zero-order valence-corrected chi connectivity index (χ0v) is 21.2. The quantitative estimate of drug-likeness (QED) is 0.468. The number of anilines is 1. The first-order valence-corrected chi connectivity index (χ1v) is 13.1. The molecule has 0 unspecified atom stereocenters. The van der Waals surface area contributed by atoms with E-state index in [2.05, 4.69) is 21.8 Å². The van der Waals surface area contributed by atoms with E-state index in [-0.39, 0.29) is 29.1 Å². The Hall–Kier alpha value is -2.98. The van der Waals surface area contributed by atoms with Gasteiger partial charge in [0.25, 0.3) is 5.56 Å². The van der Waals surface area contributed by atoms with Crippen LogP contribution in [-0.4, -0.2) is 48.4 Å². The zero-order valence-electron chi connectivity index (χ0n) is 19.6. The number of benzene rings is 1. The molecule has 0 amide bonds. The van der Waals surface area contributed by atoms with Crippen LogP contribution in [0.3, 0.4) is 0 Å². The minimum atomic E-state index is -3.54. The van der Waals surface area contributed by atoms with Crippen LogP contribution in [0.5, 0.6) is 5.75 Å². The van der Waals surface area contributed by atoms with Gasteiger partial charge in [0.05, 0.1) is 10.6 Å². The molecule has 1 fully saturated rings. The number of sulfone groups is 1. The summed E-state index contributed by atoms with van der Waals surface area (Å²) in [6, 6.07) is 6.38. The normalized spacial score (nSPS) is 14.4. The van der Waals surface area contributed by atoms with E-state index in [1.807, 2.05) is 12.4 Å². The number of piperidine rings is 1. The standard InChI is InChI=1S/C24H27FN4O4S.ClH/c1-3-4-17-15-26-24(27-16-17)28-10-7-18(8-11-28)33-19-9-12-29(23(30)13-19)22-6-5-20(14-21(22)25)34(2,31)32;/h5-6,9,12-16,18H,3-4,7-8,10-11H2,1-2H3;1H. The van der Waals surface area contributed by atoms with Crippen LogP contribution in [0.2, 0.25) is 0 Å². The topological polar surface area (TPSA) is 94.4 Å². The first-order valence-electron chi connectivity index (χ1n) is 11.2. The molecule has 11 heteroatoms. The smallest absolute Gasteiger partial charge is 0.258 e. The van der Waals surface area contributed by atoms with Gasteiger partial charge in [0.2, 0.25) is 5.95 Å². The SMILES string of the molecule is CCCc1cnc(N2CCC(Oc3ccn(-c4ccc(S(C)(=O)=O)cc4F)c(=O)c3)CC2)nc1.Cl. The molecule has 0 spiro atoms. The Balaban J connectivity index is 0.00000342. The Kier molecular flexibility index (Phi) is 8.50. The second kappa shape index (κ2) is 11.2. The molecular formula is C24H28ClFN4O4S. The maximum atomic E-state index is 14.5. The fourth-order valence-electron chi connectivity index (χ4n) is 3.94. The van der Waals surface area contributed by atoms with Crippen molar-refractivity contribution in [3.8, 4) is 11.4 Å². The van der Waals surface area contributed by atoms with Crippen LogP contribution < -0.4 is 15.2 Å². The first kappa shape index (κ1) is 26.6. The highest BCUT2D eigenvalue weighted by Crippen LogP contribution is 2.22. The van der Waals surface area contributed by atoms with E-state index in [4.69, 9.17) is 4.74 Å². The Morgan fingerprint density at radius 3 is 2.37 bits per heavy atom. The molecule has 8 nitrogen and oxygen atoms in total. The molecule has 2 aromatic heterocycles. The third-order valence-electron chi connectivity index (χ3n) is 5.76. The van der Waals surface area contributed by atoms with Gasteiger partial charge in [0.15, 0.2) is 9.84 Å². The number of aryl methyl sites for hydroxylation is 1. The maximum Gasteiger partial charge on any atom is 0.258 e. The molecule has 35 heavy (non-hydrogen) atoms. The van der Waals surface area contributed by atoms with E-state index in [1.54, 1.807) is 6.07 Å². The van der Waals surface area contributed by atoms with Crippen molar-refractivity contribution in [1.82, 2.24) is 14.5 Å². The summed E-state index contributed by atoms with van der Waals surface area (Å²) in [5.41, 5.74) is 0.633. The van der Waals surface area contributed by atoms with Crippen molar-refractivity contribution < 1.29 is 17.5 Å². The van der Waals surface area contributed by atoms with Gasteiger partial charge in [-0.15, -0.1) is 12.4 Å². The van der Waals surface area contributed by atoms with Crippen LogP contribution in [0.1, 0.15) is 31.7 Å². The summed E-state index contributed by atoms with van der Waals surface area (Å²) < 4.78 is 44.8. The Morgan fingerprint density at radius 2 is 1.80 bits per heavy atom. The number of rotatable bonds is 7. The summed E-state index contributed by atoms with van der Waals surface area (Å²) in [4.78, 5) is 23.5. The molecule has 0 aliphatic carbocycles. The van der Waals surface area contributed by atoms with Crippen LogP contribution in [0, 0.1) is 5.82 Å². The largest absolute Gasteiger partial charge is 0.490 e. The highest BCUT2D eigenvalue weighted by atomic mass is 35.5. The van der Waals surface area contributed by atoms with Crippen molar-refractivity contribution in [2.24, 2.45) is 0 Å². The van der Waals surface area contributed by atoms with Gasteiger partial charge in [-0.1, -0.05) is 13.3 Å². The molecule has 1 aliphatic rings. The van der Waals surface area contributed by atoms with Crippen LogP contribution in [-0.2, 0) is 16.3 Å². The Labute approximate surface area is 210 Å². The summed E-state index contributed by atoms with van der Waals surface area (Å²) in [5.74, 6) is 0.328. The lowest BCUT2D eigenvalue weighted by atomic mass is 10.1. The molecule has 1 aromatic carbocycles. The zero-order chi connectivity index (χ0) is 24.3. The lowest BCUT2D eigenvalue weighted by Crippen LogP contribution is -2.39. The highest BCUT2D eigenvalue weighted by Gasteiger charge is 2.22. The monoisotopic (exact) mass is 522 g/mol. The fourth-order valence-corrected chi connectivity index (χ4v) is 4.57. The summed E-state index contributed by atoms with van der Waals surface area (Å²) in [6.45, 7) is 3.61. The third kappa shape index (κ3) is 6.37. The van der Waals surface area contributed by atoms with E-state index in [0.717, 1.165) is 61.2 Å². The third-order valence-corrected chi connectivity index (χ3v) is 6.87. The van der Waals surface area contributed by atoms with E-state index >= 15 is 0 Å². The lowest BCUT2D eigenvalue weighted by Gasteiger charge is -2.32. The molecule has 188 valence electrons. The van der Waals surface area contributed by atoms with E-state index in [1.165, 1.54) is 24.4 Å². The van der Waals surface area contributed by atoms with Crippen LogP contribution in [0.15, 0.2) is 58.6 Å². The minimum Gasteiger partial charge on any atom is -0.490 e. The minimum absolute atomic E-state index is 0. The summed E-state index contributed by atoms with van der Waals surface area (Å²) >= 11 is 0. The van der Waals surface area contributed by atoms with E-state index < -0.39 is 21.2 Å². The molecule has 1 aliphatic heterocycles. The van der Waals surface area contributed by atoms with Crippen LogP contribution in [0.25, 0.3) is 5.69 Å². The van der Waals surface area contributed by atoms with Crippen molar-refractivity contribution in [1.29, 1.82) is 0 Å². The van der Waals surface area contributed by atoms with Gasteiger partial charge in [0.1, 0.15) is 17.7 Å². The maximum absolute atomic E-state index is 14.5. The van der Waals surface area contributed by atoms with Crippen molar-refractivity contribution in [3.63, 3.8) is 0 Å². The summed E-state index contributed by atoms with van der Waals surface area (Å²) in [7, 11) is -3.54. The first-order chi connectivity index (χ1) is 16.2. The number of hydrogen-bond acceptors (Lipinski definition) is 7. The van der Waals surface area contributed by atoms with Gasteiger partial charge in [-0.05, 0) is 36.2 Å². The average molecular weight is 523 g/mol. The van der Waals surface area contributed by atoms with Crippen molar-refractivity contribution in [3.05, 3.63) is 70.7 Å². The molecule has 0 N–H and O–H groups in total. The predicted molar refractivity (Wildman–Crippen MR) is 134 cm³/mol. The Morgan fingerprint density at radius 1 is 1.11 bits per heavy atom. The van der Waals surface area contributed by atoms with Gasteiger partial charge in [-0.25, -0.2) is 22.8 Å². The molecule has 4 rings (SSSR count). The molecule has 0 saturated carbocycles. The lowest BCUT2D eigenvalue weighted by molar-refractivity contribution is 0.170. The van der Waals surface area contributed by atoms with Crippen LogP contribution >= 0.6 is 12.4 Å². The summed E-state index contributed by atoms with van der Waals surface area (Å²) in [5, 5.41) is 0. The Bertz CT molecular complexity index is 1320. The van der Waals surface area contributed by atoms with Crippen LogP contribution in [0.4, 0.5) is 10.3 Å². The van der Waals surface area contributed by atoms with Crippen molar-refractivity contribution in [2.45, 2.75) is 43.6 Å². The molecule has 0 bridgehead atoms. The fraction of sp³-hybridized carbons (Fsp3) is 0.375. The number of nitrogens with zero attached hydrogens (tertiary/aromatic N) is 4.